The minimum absolute atomic E-state index is 0.418. The molecule has 0 aliphatic carbocycles. The maximum atomic E-state index is 9.21. The Kier molecular flexibility index (Phi) is 15.2. The Labute approximate surface area is 100 Å². The number of carboxylic acid groups (broad SMARTS) is 1. The van der Waals surface area contributed by atoms with Crippen LogP contribution in [0.4, 0.5) is 0 Å². The highest BCUT2D eigenvalue weighted by Crippen LogP contribution is 2.01. The fourth-order valence-corrected chi connectivity index (χ4v) is 0.978. The van der Waals surface area contributed by atoms with Crippen molar-refractivity contribution in [2.75, 3.05) is 5.33 Å². The molecule has 0 aromatic carbocycles. The van der Waals surface area contributed by atoms with Gasteiger partial charge < -0.3 is 10.2 Å². The summed E-state index contributed by atoms with van der Waals surface area (Å²) in [7, 11) is 0. The molecule has 0 fully saturated rings. The first-order chi connectivity index (χ1) is 7.04. The van der Waals surface area contributed by atoms with E-state index in [1.807, 2.05) is 0 Å². The van der Waals surface area contributed by atoms with Gasteiger partial charge in [-0.3, -0.25) is 4.79 Å². The average molecular weight is 279 g/mol. The first-order valence-electron chi connectivity index (χ1n) is 4.96. The molecule has 0 bridgehead atoms. The Hall–Kier alpha value is -0.530. The number of aliphatic hydroxyl groups excluding tert-OH is 1. The van der Waals surface area contributed by atoms with Gasteiger partial charge in [-0.25, -0.2) is 0 Å². The average Bonchev–Trinajstić information content (AvgIpc) is 2.14. The zero-order valence-electron chi connectivity index (χ0n) is 9.29. The Morgan fingerprint density at radius 1 is 1.47 bits per heavy atom. The number of rotatable bonds is 4. The molecule has 0 radical (unpaired) electrons. The molecule has 0 rings (SSSR count). The molecule has 0 aromatic heterocycles. The summed E-state index contributed by atoms with van der Waals surface area (Å²) < 4.78 is 0. The van der Waals surface area contributed by atoms with Gasteiger partial charge in [0, 0.05) is 6.92 Å². The quantitative estimate of drug-likeness (QED) is 0.472. The lowest BCUT2D eigenvalue weighted by molar-refractivity contribution is -0.134. The largest absolute Gasteiger partial charge is 0.481 e. The fourth-order valence-electron chi connectivity index (χ4n) is 0.816. The maximum Gasteiger partial charge on any atom is 0.300 e. The summed E-state index contributed by atoms with van der Waals surface area (Å²) in [5.74, 6) is 4.71. The van der Waals surface area contributed by atoms with Crippen LogP contribution in [0.2, 0.25) is 0 Å². The number of hydrogen-bond acceptors (Lipinski definition) is 2. The normalized spacial score (nSPS) is 10.4. The predicted octanol–water partition coefficient (Wildman–Crippen LogP) is 2.42. The van der Waals surface area contributed by atoms with E-state index in [9.17, 15) is 5.11 Å². The smallest absolute Gasteiger partial charge is 0.300 e. The Balaban J connectivity index is 0. The van der Waals surface area contributed by atoms with Gasteiger partial charge in [0.15, 0.2) is 0 Å². The van der Waals surface area contributed by atoms with Gasteiger partial charge in [-0.2, -0.15) is 0 Å². The number of hydrogen-bond donors (Lipinski definition) is 2. The van der Waals surface area contributed by atoms with Crippen molar-refractivity contribution >= 4 is 21.9 Å². The molecule has 0 amide bonds. The van der Waals surface area contributed by atoms with Crippen LogP contribution in [0.3, 0.4) is 0 Å². The Morgan fingerprint density at radius 3 is 2.40 bits per heavy atom. The highest BCUT2D eigenvalue weighted by Gasteiger charge is 1.96. The third kappa shape index (κ3) is 24.7. The summed E-state index contributed by atoms with van der Waals surface area (Å²) in [5.41, 5.74) is 0. The summed E-state index contributed by atoms with van der Waals surface area (Å²) in [5, 5.41) is 17.3. The summed E-state index contributed by atoms with van der Waals surface area (Å²) in [6.07, 6.45) is 3.85. The van der Waals surface area contributed by atoms with Gasteiger partial charge in [-0.1, -0.05) is 47.5 Å². The van der Waals surface area contributed by atoms with Crippen LogP contribution in [-0.2, 0) is 4.79 Å². The van der Waals surface area contributed by atoms with E-state index in [1.165, 1.54) is 12.8 Å². The molecule has 0 aromatic rings. The summed E-state index contributed by atoms with van der Waals surface area (Å²) in [4.78, 5) is 9.00. The van der Waals surface area contributed by atoms with Crippen molar-refractivity contribution in [2.45, 2.75) is 45.6 Å². The van der Waals surface area contributed by atoms with Crippen molar-refractivity contribution in [2.24, 2.45) is 0 Å². The van der Waals surface area contributed by atoms with Gasteiger partial charge in [0.2, 0.25) is 0 Å². The molecule has 3 nitrogen and oxygen atoms in total. The van der Waals surface area contributed by atoms with Crippen molar-refractivity contribution in [1.82, 2.24) is 0 Å². The number of halogens is 1. The number of carbonyl (C=O) groups is 1. The molecule has 0 heterocycles. The second-order valence-corrected chi connectivity index (χ2v) is 3.55. The minimum atomic E-state index is -0.833. The summed E-state index contributed by atoms with van der Waals surface area (Å²) in [6, 6.07) is 0. The molecule has 88 valence electrons. The van der Waals surface area contributed by atoms with Crippen LogP contribution in [-0.4, -0.2) is 27.6 Å². The van der Waals surface area contributed by atoms with Crippen molar-refractivity contribution in [3.05, 3.63) is 0 Å². The molecular formula is C11H19BrO3. The third-order valence-corrected chi connectivity index (χ3v) is 1.70. The van der Waals surface area contributed by atoms with E-state index in [0.29, 0.717) is 5.33 Å². The lowest BCUT2D eigenvalue weighted by atomic mass is 10.1. The molecular weight excluding hydrogens is 260 g/mol. The molecule has 2 N–H and O–H groups in total. The number of carboxylic acids is 1. The lowest BCUT2D eigenvalue weighted by Gasteiger charge is -2.00. The van der Waals surface area contributed by atoms with Gasteiger partial charge in [-0.15, -0.1) is 0 Å². The van der Waals surface area contributed by atoms with Gasteiger partial charge in [0.25, 0.3) is 5.97 Å². The number of aliphatic hydroxyl groups is 1. The van der Waals surface area contributed by atoms with Gasteiger partial charge in [0.05, 0.1) is 5.33 Å². The zero-order chi connectivity index (χ0) is 12.1. The van der Waals surface area contributed by atoms with E-state index in [-0.39, 0.29) is 0 Å². The standard InChI is InChI=1S/C9H15BrO.C2H4O2/c1-2-3-4-6-9(11)7-5-8-10;1-2(3)4/h9,11H,2-4,6,8H2,1H3;1H3,(H,3,4)/t9-;/m0./s1. The van der Waals surface area contributed by atoms with Crippen molar-refractivity contribution < 1.29 is 15.0 Å². The van der Waals surface area contributed by atoms with E-state index in [0.717, 1.165) is 19.8 Å². The van der Waals surface area contributed by atoms with Crippen LogP contribution in [0.1, 0.15) is 39.5 Å². The van der Waals surface area contributed by atoms with Gasteiger partial charge in [-0.05, 0) is 12.8 Å². The number of alkyl halides is 1. The molecule has 1 atom stereocenters. The fraction of sp³-hybridized carbons (Fsp3) is 0.727. The lowest BCUT2D eigenvalue weighted by Crippen LogP contribution is -2.01. The van der Waals surface area contributed by atoms with Gasteiger partial charge >= 0.3 is 0 Å². The van der Waals surface area contributed by atoms with E-state index in [4.69, 9.17) is 9.90 Å². The number of unbranched alkanes of at least 4 members (excludes halogenated alkanes) is 2. The second kappa shape index (κ2) is 13.5. The van der Waals surface area contributed by atoms with Gasteiger partial charge in [0.1, 0.15) is 6.10 Å². The first-order valence-corrected chi connectivity index (χ1v) is 6.08. The van der Waals surface area contributed by atoms with Crippen LogP contribution >= 0.6 is 15.9 Å². The van der Waals surface area contributed by atoms with E-state index < -0.39 is 12.1 Å². The van der Waals surface area contributed by atoms with Crippen LogP contribution in [0.5, 0.6) is 0 Å². The first kappa shape index (κ1) is 16.9. The summed E-state index contributed by atoms with van der Waals surface area (Å²) in [6.45, 7) is 3.23. The topological polar surface area (TPSA) is 57.5 Å². The SMILES string of the molecule is CC(=O)O.CCCCC[C@H](O)C#CCBr. The van der Waals surface area contributed by atoms with Crippen LogP contribution < -0.4 is 0 Å². The molecule has 0 saturated carbocycles. The zero-order valence-corrected chi connectivity index (χ0v) is 10.9. The Bertz CT molecular complexity index is 202. The second-order valence-electron chi connectivity index (χ2n) is 2.99. The van der Waals surface area contributed by atoms with E-state index in [1.54, 1.807) is 0 Å². The molecule has 0 aliphatic heterocycles. The minimum Gasteiger partial charge on any atom is -0.481 e. The van der Waals surface area contributed by atoms with Crippen molar-refractivity contribution in [3.8, 4) is 11.8 Å². The van der Waals surface area contributed by atoms with E-state index in [2.05, 4.69) is 34.7 Å². The molecule has 0 spiro atoms. The summed E-state index contributed by atoms with van der Waals surface area (Å²) >= 11 is 3.17. The van der Waals surface area contributed by atoms with Crippen LogP contribution in [0.25, 0.3) is 0 Å². The van der Waals surface area contributed by atoms with Crippen LogP contribution in [0.15, 0.2) is 0 Å². The molecule has 15 heavy (non-hydrogen) atoms. The highest BCUT2D eigenvalue weighted by atomic mass is 79.9. The monoisotopic (exact) mass is 278 g/mol. The maximum absolute atomic E-state index is 9.21. The number of aliphatic carboxylic acids is 1. The predicted molar refractivity (Wildman–Crippen MR) is 65.0 cm³/mol. The highest BCUT2D eigenvalue weighted by molar-refractivity contribution is 9.09. The Morgan fingerprint density at radius 2 is 2.00 bits per heavy atom. The molecule has 0 aliphatic rings. The van der Waals surface area contributed by atoms with E-state index >= 15 is 0 Å². The molecule has 0 unspecified atom stereocenters. The van der Waals surface area contributed by atoms with Crippen molar-refractivity contribution in [3.63, 3.8) is 0 Å². The third-order valence-electron chi connectivity index (χ3n) is 1.42. The van der Waals surface area contributed by atoms with Crippen LogP contribution in [0, 0.1) is 11.8 Å². The van der Waals surface area contributed by atoms with Crippen molar-refractivity contribution in [1.29, 1.82) is 0 Å². The molecule has 0 saturated heterocycles. The molecule has 4 heteroatoms.